The molecule has 0 fully saturated rings. The number of aromatic nitrogens is 1. The van der Waals surface area contributed by atoms with Crippen LogP contribution in [0.4, 0.5) is 0 Å². The highest BCUT2D eigenvalue weighted by atomic mass is 32.2. The molecule has 0 amide bonds. The number of ketones is 1. The molecule has 0 aliphatic carbocycles. The van der Waals surface area contributed by atoms with Crippen LogP contribution in [0, 0.1) is 0 Å². The normalized spacial score (nSPS) is 17.9. The molecule has 2 aromatic rings. The summed E-state index contributed by atoms with van der Waals surface area (Å²) in [5.74, 6) is -0.662. The molecule has 108 valence electrons. The molecule has 0 bridgehead atoms. The number of rotatable bonds is 4. The maximum absolute atomic E-state index is 12.2. The summed E-state index contributed by atoms with van der Waals surface area (Å²) in [5, 5.41) is 19.2. The highest BCUT2D eigenvalue weighted by molar-refractivity contribution is 8.14. The molecule has 3 rings (SSSR count). The Balaban J connectivity index is 1.78. The molecule has 1 aliphatic rings. The predicted molar refractivity (Wildman–Crippen MR) is 81.5 cm³/mol. The van der Waals surface area contributed by atoms with Crippen molar-refractivity contribution < 1.29 is 19.8 Å². The number of benzene rings is 1. The molecule has 0 radical (unpaired) electrons. The van der Waals surface area contributed by atoms with Crippen molar-refractivity contribution in [3.05, 3.63) is 23.2 Å². The van der Waals surface area contributed by atoms with Crippen molar-refractivity contribution in [2.75, 3.05) is 5.75 Å². The Morgan fingerprint density at radius 3 is 2.90 bits per heavy atom. The first-order chi connectivity index (χ1) is 10.0. The Bertz CT molecular complexity index is 769. The van der Waals surface area contributed by atoms with Crippen LogP contribution in [0.25, 0.3) is 10.2 Å². The summed E-state index contributed by atoms with van der Waals surface area (Å²) in [6.45, 7) is 0. The first kappa shape index (κ1) is 14.0. The lowest BCUT2D eigenvalue weighted by Gasteiger charge is -1.95. The first-order valence-corrected chi connectivity index (χ1v) is 7.88. The number of thioether (sulfide) groups is 1. The largest absolute Gasteiger partial charge is 0.508 e. The third-order valence-electron chi connectivity index (χ3n) is 2.92. The fraction of sp³-hybridized carbons (Fsp3) is 0.231. The molecule has 0 spiro atoms. The number of phenols is 1. The van der Waals surface area contributed by atoms with Crippen molar-refractivity contribution in [2.45, 2.75) is 12.5 Å². The van der Waals surface area contributed by atoms with E-state index in [2.05, 4.69) is 9.98 Å². The standard InChI is InChI=1S/C13H10N2O4S2/c16-6-1-2-7-10(3-6)21-12(15-7)9(17)4-11-14-8(5-20-11)13(18)19/h1-3,8,16H,4-5H2,(H,18,19)/t8-/m1/s1. The van der Waals surface area contributed by atoms with Crippen molar-refractivity contribution in [1.82, 2.24) is 4.98 Å². The highest BCUT2D eigenvalue weighted by Gasteiger charge is 2.26. The van der Waals surface area contributed by atoms with E-state index in [-0.39, 0.29) is 18.0 Å². The minimum absolute atomic E-state index is 0.0697. The third-order valence-corrected chi connectivity index (χ3v) is 5.04. The fourth-order valence-electron chi connectivity index (χ4n) is 1.89. The molecule has 0 saturated carbocycles. The van der Waals surface area contributed by atoms with Crippen molar-refractivity contribution in [1.29, 1.82) is 0 Å². The van der Waals surface area contributed by atoms with Gasteiger partial charge >= 0.3 is 5.97 Å². The molecular formula is C13H10N2O4S2. The van der Waals surface area contributed by atoms with Crippen LogP contribution in [0.15, 0.2) is 23.2 Å². The number of Topliss-reactive ketones (excluding diaryl/α,β-unsaturated/α-hetero) is 1. The van der Waals surface area contributed by atoms with Gasteiger partial charge in [0.1, 0.15) is 5.75 Å². The maximum atomic E-state index is 12.2. The number of aliphatic carboxylic acids is 1. The highest BCUT2D eigenvalue weighted by Crippen LogP contribution is 2.28. The summed E-state index contributed by atoms with van der Waals surface area (Å²) in [4.78, 5) is 31.2. The second kappa shape index (κ2) is 5.45. The maximum Gasteiger partial charge on any atom is 0.329 e. The van der Waals surface area contributed by atoms with Crippen molar-refractivity contribution in [3.8, 4) is 5.75 Å². The van der Waals surface area contributed by atoms with Gasteiger partial charge < -0.3 is 10.2 Å². The van der Waals surface area contributed by atoms with E-state index < -0.39 is 12.0 Å². The van der Waals surface area contributed by atoms with Crippen LogP contribution in [0.3, 0.4) is 0 Å². The molecule has 0 saturated heterocycles. The van der Waals surface area contributed by atoms with Crippen LogP contribution in [0.2, 0.25) is 0 Å². The van der Waals surface area contributed by atoms with Crippen LogP contribution in [-0.2, 0) is 4.79 Å². The Labute approximate surface area is 127 Å². The van der Waals surface area contributed by atoms with Gasteiger partial charge in [-0.25, -0.2) is 9.78 Å². The smallest absolute Gasteiger partial charge is 0.329 e. The Morgan fingerprint density at radius 2 is 2.19 bits per heavy atom. The molecule has 1 aliphatic heterocycles. The van der Waals surface area contributed by atoms with Gasteiger partial charge in [-0.05, 0) is 18.2 Å². The minimum Gasteiger partial charge on any atom is -0.508 e. The lowest BCUT2D eigenvalue weighted by molar-refractivity contribution is -0.137. The molecular weight excluding hydrogens is 312 g/mol. The Morgan fingerprint density at radius 1 is 1.38 bits per heavy atom. The van der Waals surface area contributed by atoms with Gasteiger partial charge in [-0.1, -0.05) is 0 Å². The monoisotopic (exact) mass is 322 g/mol. The van der Waals surface area contributed by atoms with Gasteiger partial charge in [0.25, 0.3) is 0 Å². The van der Waals surface area contributed by atoms with Crippen molar-refractivity contribution in [2.24, 2.45) is 4.99 Å². The van der Waals surface area contributed by atoms with Gasteiger partial charge in [0.05, 0.1) is 21.7 Å². The topological polar surface area (TPSA) is 99.9 Å². The van der Waals surface area contributed by atoms with E-state index in [0.29, 0.717) is 21.3 Å². The van der Waals surface area contributed by atoms with E-state index in [0.717, 1.165) is 4.70 Å². The van der Waals surface area contributed by atoms with Gasteiger partial charge in [0.2, 0.25) is 0 Å². The molecule has 2 N–H and O–H groups in total. The quantitative estimate of drug-likeness (QED) is 0.837. The van der Waals surface area contributed by atoms with E-state index in [9.17, 15) is 14.7 Å². The zero-order valence-corrected chi connectivity index (χ0v) is 12.3. The average molecular weight is 322 g/mol. The zero-order chi connectivity index (χ0) is 15.0. The summed E-state index contributed by atoms with van der Waals surface area (Å²) >= 11 is 2.51. The number of hydrogen-bond acceptors (Lipinski definition) is 7. The lowest BCUT2D eigenvalue weighted by Crippen LogP contribution is -2.17. The molecule has 1 aromatic heterocycles. The van der Waals surface area contributed by atoms with Gasteiger partial charge in [0, 0.05) is 5.75 Å². The predicted octanol–water partition coefficient (Wildman–Crippen LogP) is 2.17. The number of nitrogens with zero attached hydrogens (tertiary/aromatic N) is 2. The number of carboxylic acids is 1. The van der Waals surface area contributed by atoms with E-state index in [1.54, 1.807) is 12.1 Å². The second-order valence-corrected chi connectivity index (χ2v) is 6.58. The van der Waals surface area contributed by atoms with Crippen molar-refractivity contribution >= 4 is 50.1 Å². The number of thiazole rings is 1. The molecule has 0 unspecified atom stereocenters. The number of carbonyl (C=O) groups excluding carboxylic acids is 1. The molecule has 2 heterocycles. The van der Waals surface area contributed by atoms with Crippen LogP contribution >= 0.6 is 23.1 Å². The second-order valence-electron chi connectivity index (χ2n) is 4.46. The zero-order valence-electron chi connectivity index (χ0n) is 10.6. The molecule has 8 heteroatoms. The summed E-state index contributed by atoms with van der Waals surface area (Å²) in [6.07, 6.45) is 0.0697. The van der Waals surface area contributed by atoms with Crippen LogP contribution in [-0.4, -0.2) is 43.8 Å². The molecule has 6 nitrogen and oxygen atoms in total. The Kier molecular flexibility index (Phi) is 3.64. The average Bonchev–Trinajstić information content (AvgIpc) is 3.04. The summed E-state index contributed by atoms with van der Waals surface area (Å²) < 4.78 is 0.739. The Hall–Kier alpha value is -1.93. The number of fused-ring (bicyclic) bond motifs is 1. The van der Waals surface area contributed by atoms with Crippen LogP contribution in [0.1, 0.15) is 16.2 Å². The van der Waals surface area contributed by atoms with E-state index >= 15 is 0 Å². The van der Waals surface area contributed by atoms with Gasteiger partial charge in [0.15, 0.2) is 16.8 Å². The van der Waals surface area contributed by atoms with Gasteiger partial charge in [-0.15, -0.1) is 23.1 Å². The van der Waals surface area contributed by atoms with Gasteiger partial charge in [-0.3, -0.25) is 9.79 Å². The van der Waals surface area contributed by atoms with Crippen molar-refractivity contribution in [3.63, 3.8) is 0 Å². The fourth-order valence-corrected chi connectivity index (χ4v) is 3.83. The molecule has 1 aromatic carbocycles. The van der Waals surface area contributed by atoms with E-state index in [4.69, 9.17) is 5.11 Å². The first-order valence-electron chi connectivity index (χ1n) is 6.08. The third kappa shape index (κ3) is 2.91. The minimum atomic E-state index is -0.972. The van der Waals surface area contributed by atoms with Crippen LogP contribution in [0.5, 0.6) is 5.75 Å². The van der Waals surface area contributed by atoms with Crippen LogP contribution < -0.4 is 0 Å². The molecule has 1 atom stereocenters. The number of carboxylic acid groups (broad SMARTS) is 1. The number of aliphatic imine (C=N–C) groups is 1. The SMILES string of the molecule is O=C(CC1=N[C@@H](C(=O)O)CS1)c1nc2ccc(O)cc2s1. The summed E-state index contributed by atoms with van der Waals surface area (Å²) in [6, 6.07) is 3.97. The van der Waals surface area contributed by atoms with Gasteiger partial charge in [-0.2, -0.15) is 0 Å². The number of carbonyl (C=O) groups is 2. The lowest BCUT2D eigenvalue weighted by atomic mass is 10.3. The number of aromatic hydroxyl groups is 1. The van der Waals surface area contributed by atoms with E-state index in [1.807, 2.05) is 0 Å². The van der Waals surface area contributed by atoms with E-state index in [1.165, 1.54) is 29.2 Å². The number of phenolic OH excluding ortho intramolecular Hbond substituents is 1. The molecule has 21 heavy (non-hydrogen) atoms. The summed E-state index contributed by atoms with van der Waals surface area (Å²) in [5.41, 5.74) is 0.658. The number of hydrogen-bond donors (Lipinski definition) is 2. The summed E-state index contributed by atoms with van der Waals surface area (Å²) in [7, 11) is 0.